The zero-order valence-electron chi connectivity index (χ0n) is 11.0. The lowest BCUT2D eigenvalue weighted by Gasteiger charge is -2.35. The van der Waals surface area contributed by atoms with Crippen LogP contribution in [0.25, 0.3) is 6.08 Å². The number of carboxylic acid groups (broad SMARTS) is 1. The van der Waals surface area contributed by atoms with E-state index in [1.807, 2.05) is 0 Å². The second kappa shape index (κ2) is 4.38. The number of β-lactam (4-membered cyclic amide) rings is 1. The van der Waals surface area contributed by atoms with Crippen LogP contribution in [0.2, 0.25) is 0 Å². The molecule has 2 aliphatic heterocycles. The van der Waals surface area contributed by atoms with Crippen molar-refractivity contribution in [1.29, 1.82) is 0 Å². The van der Waals surface area contributed by atoms with Gasteiger partial charge in [0, 0.05) is 11.1 Å². The Labute approximate surface area is 124 Å². The molecule has 1 aromatic rings. The summed E-state index contributed by atoms with van der Waals surface area (Å²) in [5.41, 5.74) is 1.59. The highest BCUT2D eigenvalue weighted by Gasteiger charge is 2.68. The number of fused-ring (bicyclic) bond motifs is 1. The molecule has 0 saturated carbocycles. The van der Waals surface area contributed by atoms with Gasteiger partial charge in [-0.1, -0.05) is 6.08 Å². The number of thiazole rings is 1. The van der Waals surface area contributed by atoms with Crippen molar-refractivity contribution in [3.8, 4) is 0 Å². The number of hydrogen-bond donors (Lipinski definition) is 1. The third-order valence-electron chi connectivity index (χ3n) is 4.00. The first-order valence-electron chi connectivity index (χ1n) is 6.14. The first kappa shape index (κ1) is 14.2. The molecule has 1 aromatic heterocycles. The molecular formula is C12H12N2O5S2. The van der Waals surface area contributed by atoms with Crippen LogP contribution >= 0.6 is 11.3 Å². The molecule has 7 nitrogen and oxygen atoms in total. The van der Waals surface area contributed by atoms with Crippen LogP contribution in [0.1, 0.15) is 18.2 Å². The van der Waals surface area contributed by atoms with Crippen LogP contribution in [-0.4, -0.2) is 51.4 Å². The zero-order valence-corrected chi connectivity index (χ0v) is 12.6. The largest absolute Gasteiger partial charge is 0.480 e. The molecule has 3 heterocycles. The SMILES string of the molecule is C[C@]1(/C=C\c2cncs2)[C@H](C(=O)O)N2C(=O)C[C@H]2S1(=O)=O. The van der Waals surface area contributed by atoms with E-state index in [-0.39, 0.29) is 6.42 Å². The van der Waals surface area contributed by atoms with Gasteiger partial charge >= 0.3 is 5.97 Å². The molecule has 0 spiro atoms. The van der Waals surface area contributed by atoms with Gasteiger partial charge in [0.1, 0.15) is 10.1 Å². The maximum atomic E-state index is 12.6. The Morgan fingerprint density at radius 3 is 2.86 bits per heavy atom. The summed E-state index contributed by atoms with van der Waals surface area (Å²) in [7, 11) is -3.79. The Morgan fingerprint density at radius 2 is 2.33 bits per heavy atom. The molecule has 9 heteroatoms. The van der Waals surface area contributed by atoms with Gasteiger partial charge in [-0.3, -0.25) is 9.78 Å². The third-order valence-corrected chi connectivity index (χ3v) is 7.44. The minimum Gasteiger partial charge on any atom is -0.480 e. The van der Waals surface area contributed by atoms with Gasteiger partial charge in [0.05, 0.1) is 11.9 Å². The summed E-state index contributed by atoms with van der Waals surface area (Å²) in [6, 6.07) is -1.39. The predicted octanol–water partition coefficient (Wildman–Crippen LogP) is 0.355. The average Bonchev–Trinajstić information content (AvgIpc) is 2.95. The van der Waals surface area contributed by atoms with Crippen LogP contribution in [0.4, 0.5) is 0 Å². The molecule has 112 valence electrons. The molecule has 0 aromatic carbocycles. The van der Waals surface area contributed by atoms with Crippen molar-refractivity contribution in [2.45, 2.75) is 29.5 Å². The fourth-order valence-corrected chi connectivity index (χ4v) is 5.58. The van der Waals surface area contributed by atoms with Crippen LogP contribution in [0, 0.1) is 0 Å². The molecule has 3 atom stereocenters. The van der Waals surface area contributed by atoms with Crippen LogP contribution in [0.5, 0.6) is 0 Å². The van der Waals surface area contributed by atoms with Crippen molar-refractivity contribution >= 4 is 39.1 Å². The first-order chi connectivity index (χ1) is 9.79. The normalized spacial score (nSPS) is 34.0. The summed E-state index contributed by atoms with van der Waals surface area (Å²) in [5, 5.41) is 8.35. The molecule has 3 rings (SSSR count). The molecule has 1 amide bonds. The van der Waals surface area contributed by atoms with E-state index in [1.54, 1.807) is 17.8 Å². The molecule has 2 saturated heterocycles. The Balaban J connectivity index is 2.08. The molecular weight excluding hydrogens is 316 g/mol. The van der Waals surface area contributed by atoms with E-state index in [0.29, 0.717) is 0 Å². The topological polar surface area (TPSA) is 105 Å². The molecule has 2 aliphatic rings. The van der Waals surface area contributed by atoms with E-state index in [4.69, 9.17) is 0 Å². The lowest BCUT2D eigenvalue weighted by atomic mass is 9.96. The molecule has 0 aliphatic carbocycles. The second-order valence-corrected chi connectivity index (χ2v) is 8.60. The fourth-order valence-electron chi connectivity index (χ4n) is 2.80. The minimum atomic E-state index is -3.79. The van der Waals surface area contributed by atoms with E-state index in [9.17, 15) is 23.1 Å². The van der Waals surface area contributed by atoms with E-state index >= 15 is 0 Å². The second-order valence-electron chi connectivity index (χ2n) is 5.17. The fraction of sp³-hybridized carbons (Fsp3) is 0.417. The van der Waals surface area contributed by atoms with Gasteiger partial charge in [-0.2, -0.15) is 0 Å². The number of aliphatic carboxylic acids is 1. The Hall–Kier alpha value is -1.74. The number of carbonyl (C=O) groups excluding carboxylic acids is 1. The number of carbonyl (C=O) groups is 2. The molecule has 0 bridgehead atoms. The lowest BCUT2D eigenvalue weighted by Crippen LogP contribution is -2.57. The zero-order chi connectivity index (χ0) is 15.4. The Kier molecular flexibility index (Phi) is 2.96. The smallest absolute Gasteiger partial charge is 0.328 e. The van der Waals surface area contributed by atoms with Crippen molar-refractivity contribution in [2.24, 2.45) is 0 Å². The van der Waals surface area contributed by atoms with Crippen molar-refractivity contribution in [1.82, 2.24) is 9.88 Å². The van der Waals surface area contributed by atoms with E-state index in [1.165, 1.54) is 24.3 Å². The van der Waals surface area contributed by atoms with E-state index in [2.05, 4.69) is 4.98 Å². The predicted molar refractivity (Wildman–Crippen MR) is 75.1 cm³/mol. The van der Waals surface area contributed by atoms with E-state index in [0.717, 1.165) is 9.78 Å². The average molecular weight is 328 g/mol. The highest BCUT2D eigenvalue weighted by Crippen LogP contribution is 2.47. The maximum Gasteiger partial charge on any atom is 0.328 e. The first-order valence-corrected chi connectivity index (χ1v) is 8.57. The van der Waals surface area contributed by atoms with Crippen LogP contribution in [-0.2, 0) is 19.4 Å². The molecule has 0 radical (unpaired) electrons. The van der Waals surface area contributed by atoms with Gasteiger partial charge < -0.3 is 10.0 Å². The van der Waals surface area contributed by atoms with Gasteiger partial charge in [0.25, 0.3) is 0 Å². The van der Waals surface area contributed by atoms with Crippen LogP contribution in [0.3, 0.4) is 0 Å². The summed E-state index contributed by atoms with van der Waals surface area (Å²) in [5.74, 6) is -1.75. The summed E-state index contributed by atoms with van der Waals surface area (Å²) in [4.78, 5) is 28.7. The van der Waals surface area contributed by atoms with Gasteiger partial charge in [0.2, 0.25) is 5.91 Å². The van der Waals surface area contributed by atoms with Gasteiger partial charge in [-0.25, -0.2) is 13.2 Å². The lowest BCUT2D eigenvalue weighted by molar-refractivity contribution is -0.157. The van der Waals surface area contributed by atoms with Crippen molar-refractivity contribution in [3.63, 3.8) is 0 Å². The quantitative estimate of drug-likeness (QED) is 0.803. The number of sulfone groups is 1. The summed E-state index contributed by atoms with van der Waals surface area (Å²) >= 11 is 1.31. The highest BCUT2D eigenvalue weighted by atomic mass is 32.2. The summed E-state index contributed by atoms with van der Waals surface area (Å²) < 4.78 is 23.5. The highest BCUT2D eigenvalue weighted by molar-refractivity contribution is 7.94. The van der Waals surface area contributed by atoms with Gasteiger partial charge in [-0.15, -0.1) is 11.3 Å². The molecule has 21 heavy (non-hydrogen) atoms. The monoisotopic (exact) mass is 328 g/mol. The minimum absolute atomic E-state index is 0.143. The van der Waals surface area contributed by atoms with Gasteiger partial charge in [-0.05, 0) is 13.0 Å². The number of hydrogen-bond acceptors (Lipinski definition) is 6. The summed E-state index contributed by atoms with van der Waals surface area (Å²) in [6.07, 6.45) is 4.32. The Bertz CT molecular complexity index is 740. The van der Waals surface area contributed by atoms with Crippen LogP contribution < -0.4 is 0 Å². The molecule has 2 fully saturated rings. The third kappa shape index (κ3) is 1.77. The standard InChI is InChI=1S/C12H12N2O5S2/c1-12(3-2-7-5-13-6-20-7)10(11(16)17)14-8(15)4-9(14)21(12,18)19/h2-3,5-6,9-10H,4H2,1H3,(H,16,17)/b3-2-/t9-,10+,12+/m1/s1. The van der Waals surface area contributed by atoms with Crippen molar-refractivity contribution < 1.29 is 23.1 Å². The van der Waals surface area contributed by atoms with Gasteiger partial charge in [0.15, 0.2) is 15.9 Å². The Morgan fingerprint density at radius 1 is 1.62 bits per heavy atom. The molecule has 1 N–H and O–H groups in total. The number of rotatable bonds is 3. The number of nitrogens with zero attached hydrogens (tertiary/aromatic N) is 2. The van der Waals surface area contributed by atoms with Crippen molar-refractivity contribution in [3.05, 3.63) is 22.7 Å². The maximum absolute atomic E-state index is 12.6. The number of carboxylic acids is 1. The van der Waals surface area contributed by atoms with Crippen LogP contribution in [0.15, 0.2) is 17.8 Å². The van der Waals surface area contributed by atoms with E-state index < -0.39 is 37.9 Å². The van der Waals surface area contributed by atoms with Crippen molar-refractivity contribution in [2.75, 3.05) is 0 Å². The molecule has 0 unspecified atom stereocenters. The summed E-state index contributed by atoms with van der Waals surface area (Å²) in [6.45, 7) is 1.35. The number of aromatic nitrogens is 1. The number of amides is 1.